The van der Waals surface area contributed by atoms with Gasteiger partial charge in [0, 0.05) is 19.6 Å². The molecule has 4 rings (SSSR count). The molecule has 8 heteroatoms. The van der Waals surface area contributed by atoms with E-state index in [1.807, 2.05) is 6.92 Å². The number of hydrogen-bond acceptors (Lipinski definition) is 6. The Bertz CT molecular complexity index is 840. The number of nitrogens with one attached hydrogen (secondary N) is 1. The first-order valence-electron chi connectivity index (χ1n) is 7.99. The van der Waals surface area contributed by atoms with Gasteiger partial charge in [-0.3, -0.25) is 0 Å². The van der Waals surface area contributed by atoms with E-state index >= 15 is 0 Å². The number of nitrogens with zero attached hydrogens (tertiary/aromatic N) is 3. The van der Waals surface area contributed by atoms with Crippen molar-refractivity contribution in [3.8, 4) is 0 Å². The molecule has 0 aliphatic carbocycles. The third-order valence-electron chi connectivity index (χ3n) is 5.09. The van der Waals surface area contributed by atoms with E-state index in [2.05, 4.69) is 15.5 Å². The Morgan fingerprint density at radius 3 is 3.04 bits per heavy atom. The average Bonchev–Trinajstić information content (AvgIpc) is 3.28. The zero-order chi connectivity index (χ0) is 16.1. The van der Waals surface area contributed by atoms with Crippen LogP contribution in [0, 0.1) is 5.41 Å². The lowest BCUT2D eigenvalue weighted by Gasteiger charge is -2.22. The molecule has 7 nitrogen and oxygen atoms in total. The molecule has 2 saturated heterocycles. The second-order valence-electron chi connectivity index (χ2n) is 6.52. The summed E-state index contributed by atoms with van der Waals surface area (Å²) < 4.78 is 32.6. The van der Waals surface area contributed by atoms with Crippen molar-refractivity contribution in [1.82, 2.24) is 19.8 Å². The highest BCUT2D eigenvalue weighted by molar-refractivity contribution is 7.89. The van der Waals surface area contributed by atoms with Gasteiger partial charge in [-0.2, -0.15) is 4.31 Å². The highest BCUT2D eigenvalue weighted by Crippen LogP contribution is 2.38. The second kappa shape index (κ2) is 5.25. The smallest absolute Gasteiger partial charge is 0.258 e. The lowest BCUT2D eigenvalue weighted by molar-refractivity contribution is 0.338. The predicted octanol–water partition coefficient (Wildman–Crippen LogP) is 1.16. The molecule has 2 aromatic rings. The number of aromatic nitrogens is 2. The number of aryl methyl sites for hydroxylation is 1. The summed E-state index contributed by atoms with van der Waals surface area (Å²) in [6, 6.07) is 1.64. The van der Waals surface area contributed by atoms with Crippen LogP contribution >= 0.6 is 0 Å². The molecular formula is C15H20N4O3S. The Morgan fingerprint density at radius 2 is 2.30 bits per heavy atom. The van der Waals surface area contributed by atoms with Crippen LogP contribution in [0.1, 0.15) is 25.5 Å². The molecule has 124 valence electrons. The molecule has 0 radical (unpaired) electrons. The van der Waals surface area contributed by atoms with E-state index in [-0.39, 0.29) is 10.3 Å². The SMILES string of the molecule is CCc1noc2ncc(S(=O)(=O)N3CCC4(CCNC4)C3)cc12. The van der Waals surface area contributed by atoms with Gasteiger partial charge in [-0.15, -0.1) is 0 Å². The molecule has 1 spiro atoms. The van der Waals surface area contributed by atoms with Gasteiger partial charge in [-0.25, -0.2) is 13.4 Å². The molecule has 2 aliphatic heterocycles. The van der Waals surface area contributed by atoms with Crippen molar-refractivity contribution in [3.63, 3.8) is 0 Å². The fourth-order valence-electron chi connectivity index (χ4n) is 3.65. The zero-order valence-electron chi connectivity index (χ0n) is 13.1. The Kier molecular flexibility index (Phi) is 3.44. The standard InChI is InChI=1S/C15H20N4O3S/c1-2-13-12-7-11(8-17-14(12)22-18-13)23(20,21)19-6-4-15(10-19)3-5-16-9-15/h7-8,16H,2-6,9-10H2,1H3. The van der Waals surface area contributed by atoms with Gasteiger partial charge in [0.25, 0.3) is 5.71 Å². The summed E-state index contributed by atoms with van der Waals surface area (Å²) >= 11 is 0. The number of hydrogen-bond donors (Lipinski definition) is 1. The summed E-state index contributed by atoms with van der Waals surface area (Å²) in [5.41, 5.74) is 1.23. The summed E-state index contributed by atoms with van der Waals surface area (Å²) in [5, 5.41) is 7.97. The molecule has 2 fully saturated rings. The van der Waals surface area contributed by atoms with Crippen molar-refractivity contribution in [3.05, 3.63) is 18.0 Å². The predicted molar refractivity (Wildman–Crippen MR) is 84.5 cm³/mol. The van der Waals surface area contributed by atoms with E-state index in [9.17, 15) is 8.42 Å². The van der Waals surface area contributed by atoms with Crippen molar-refractivity contribution in [2.24, 2.45) is 5.41 Å². The Hall–Kier alpha value is -1.51. The van der Waals surface area contributed by atoms with Crippen LogP contribution in [0.15, 0.2) is 21.7 Å². The van der Waals surface area contributed by atoms with Crippen LogP contribution in [0.3, 0.4) is 0 Å². The van der Waals surface area contributed by atoms with Crippen molar-refractivity contribution in [2.75, 3.05) is 26.2 Å². The van der Waals surface area contributed by atoms with Crippen molar-refractivity contribution < 1.29 is 12.9 Å². The maximum absolute atomic E-state index is 13.0. The molecular weight excluding hydrogens is 316 g/mol. The van der Waals surface area contributed by atoms with Crippen LogP contribution in [0.25, 0.3) is 11.1 Å². The fraction of sp³-hybridized carbons (Fsp3) is 0.600. The zero-order valence-corrected chi connectivity index (χ0v) is 13.9. The molecule has 2 aliphatic rings. The van der Waals surface area contributed by atoms with E-state index in [1.165, 1.54) is 6.20 Å². The Balaban J connectivity index is 1.68. The van der Waals surface area contributed by atoms with Crippen LogP contribution in [-0.2, 0) is 16.4 Å². The van der Waals surface area contributed by atoms with Crippen LogP contribution in [-0.4, -0.2) is 49.0 Å². The highest BCUT2D eigenvalue weighted by Gasteiger charge is 2.44. The summed E-state index contributed by atoms with van der Waals surface area (Å²) in [6.45, 7) is 5.00. The average molecular weight is 336 g/mol. The monoisotopic (exact) mass is 336 g/mol. The van der Waals surface area contributed by atoms with Gasteiger partial charge in [-0.05, 0) is 37.3 Å². The van der Waals surface area contributed by atoms with Gasteiger partial charge >= 0.3 is 0 Å². The number of sulfonamides is 1. The number of rotatable bonds is 3. The topological polar surface area (TPSA) is 88.3 Å². The van der Waals surface area contributed by atoms with Gasteiger partial charge in [0.15, 0.2) is 0 Å². The van der Waals surface area contributed by atoms with E-state index in [1.54, 1.807) is 10.4 Å². The molecule has 0 aromatic carbocycles. The molecule has 0 saturated carbocycles. The largest absolute Gasteiger partial charge is 0.336 e. The molecule has 0 bridgehead atoms. The molecule has 1 N–H and O–H groups in total. The van der Waals surface area contributed by atoms with Crippen LogP contribution in [0.5, 0.6) is 0 Å². The normalized spacial score (nSPS) is 25.8. The van der Waals surface area contributed by atoms with Crippen LogP contribution in [0.2, 0.25) is 0 Å². The number of fused-ring (bicyclic) bond motifs is 1. The molecule has 4 heterocycles. The summed E-state index contributed by atoms with van der Waals surface area (Å²) in [7, 11) is -3.52. The van der Waals surface area contributed by atoms with E-state index in [0.717, 1.165) is 31.6 Å². The van der Waals surface area contributed by atoms with Gasteiger partial charge in [-0.1, -0.05) is 12.1 Å². The third-order valence-corrected chi connectivity index (χ3v) is 6.90. The van der Waals surface area contributed by atoms with E-state index in [0.29, 0.717) is 30.6 Å². The van der Waals surface area contributed by atoms with Crippen LogP contribution < -0.4 is 5.32 Å². The second-order valence-corrected chi connectivity index (χ2v) is 8.46. The van der Waals surface area contributed by atoms with E-state index < -0.39 is 10.0 Å². The molecule has 23 heavy (non-hydrogen) atoms. The van der Waals surface area contributed by atoms with Gasteiger partial charge in [0.05, 0.1) is 17.3 Å². The Morgan fingerprint density at radius 1 is 1.43 bits per heavy atom. The molecule has 1 atom stereocenters. The lowest BCUT2D eigenvalue weighted by atomic mass is 9.87. The van der Waals surface area contributed by atoms with Crippen molar-refractivity contribution >= 4 is 21.1 Å². The van der Waals surface area contributed by atoms with E-state index in [4.69, 9.17) is 4.52 Å². The highest BCUT2D eigenvalue weighted by atomic mass is 32.2. The minimum atomic E-state index is -3.52. The maximum Gasteiger partial charge on any atom is 0.258 e. The first-order chi connectivity index (χ1) is 11.0. The number of pyridine rings is 1. The first kappa shape index (κ1) is 15.0. The van der Waals surface area contributed by atoms with Gasteiger partial charge in [0.2, 0.25) is 10.0 Å². The molecule has 0 amide bonds. The summed E-state index contributed by atoms with van der Waals surface area (Å²) in [4.78, 5) is 4.36. The molecule has 1 unspecified atom stereocenters. The minimum absolute atomic E-state index is 0.108. The van der Waals surface area contributed by atoms with Gasteiger partial charge in [0.1, 0.15) is 4.90 Å². The molecule has 2 aromatic heterocycles. The van der Waals surface area contributed by atoms with Crippen molar-refractivity contribution in [2.45, 2.75) is 31.1 Å². The fourth-order valence-corrected chi connectivity index (χ4v) is 5.17. The summed E-state index contributed by atoms with van der Waals surface area (Å²) in [6.07, 6.45) is 4.02. The Labute approximate surface area is 135 Å². The quantitative estimate of drug-likeness (QED) is 0.905. The third kappa shape index (κ3) is 2.36. The first-order valence-corrected chi connectivity index (χ1v) is 9.43. The van der Waals surface area contributed by atoms with Gasteiger partial charge < -0.3 is 9.84 Å². The maximum atomic E-state index is 13.0. The summed E-state index contributed by atoms with van der Waals surface area (Å²) in [5.74, 6) is 0. The minimum Gasteiger partial charge on any atom is -0.336 e. The lowest BCUT2D eigenvalue weighted by Crippen LogP contribution is -2.33. The van der Waals surface area contributed by atoms with Crippen LogP contribution in [0.4, 0.5) is 0 Å². The van der Waals surface area contributed by atoms with Crippen molar-refractivity contribution in [1.29, 1.82) is 0 Å².